The van der Waals surface area contributed by atoms with Crippen LogP contribution in [0.3, 0.4) is 0 Å². The first-order valence-corrected chi connectivity index (χ1v) is 7.65. The molecule has 3 nitrogen and oxygen atoms in total. The fraction of sp³-hybridized carbons (Fsp3) is 0.188. The predicted octanol–water partition coefficient (Wildman–Crippen LogP) is 3.26. The predicted molar refractivity (Wildman–Crippen MR) is 78.9 cm³/mol. The van der Waals surface area contributed by atoms with Gasteiger partial charge in [0.05, 0.1) is 34.8 Å². The molecule has 102 valence electrons. The van der Waals surface area contributed by atoms with Gasteiger partial charge in [0, 0.05) is 4.90 Å². The van der Waals surface area contributed by atoms with Gasteiger partial charge in [-0.05, 0) is 48.9 Å². The highest BCUT2D eigenvalue weighted by Crippen LogP contribution is 2.17. The van der Waals surface area contributed by atoms with E-state index in [1.54, 1.807) is 12.1 Å². The van der Waals surface area contributed by atoms with E-state index in [9.17, 15) is 4.21 Å². The maximum absolute atomic E-state index is 12.2. The van der Waals surface area contributed by atoms with Crippen molar-refractivity contribution >= 4 is 10.8 Å². The Hall–Kier alpha value is -2.12. The molecule has 2 rings (SSSR count). The monoisotopic (exact) mass is 285 g/mol. The molecule has 0 aliphatic carbocycles. The summed E-state index contributed by atoms with van der Waals surface area (Å²) in [5, 5.41) is 8.74. The third-order valence-corrected chi connectivity index (χ3v) is 4.17. The molecule has 0 aliphatic heterocycles. The van der Waals surface area contributed by atoms with Crippen molar-refractivity contribution in [2.24, 2.45) is 0 Å². The van der Waals surface area contributed by atoms with Crippen LogP contribution in [0.15, 0.2) is 53.4 Å². The Morgan fingerprint density at radius 3 is 2.30 bits per heavy atom. The van der Waals surface area contributed by atoms with Crippen LogP contribution in [0.5, 0.6) is 5.75 Å². The van der Waals surface area contributed by atoms with E-state index in [0.29, 0.717) is 17.9 Å². The lowest BCUT2D eigenvalue weighted by molar-refractivity contribution is 0.340. The Morgan fingerprint density at radius 1 is 1.10 bits per heavy atom. The molecule has 0 N–H and O–H groups in total. The van der Waals surface area contributed by atoms with Gasteiger partial charge in [-0.15, -0.1) is 0 Å². The van der Waals surface area contributed by atoms with Crippen LogP contribution in [0.25, 0.3) is 0 Å². The normalized spacial score (nSPS) is 11.6. The van der Waals surface area contributed by atoms with Gasteiger partial charge in [0.25, 0.3) is 0 Å². The molecule has 4 heteroatoms. The van der Waals surface area contributed by atoms with Crippen molar-refractivity contribution < 1.29 is 8.95 Å². The first-order valence-electron chi connectivity index (χ1n) is 6.33. The van der Waals surface area contributed by atoms with Crippen molar-refractivity contribution in [2.45, 2.75) is 17.6 Å². The van der Waals surface area contributed by atoms with E-state index in [1.807, 2.05) is 43.3 Å². The van der Waals surface area contributed by atoms with E-state index in [0.717, 1.165) is 16.2 Å². The van der Waals surface area contributed by atoms with Crippen LogP contribution in [-0.4, -0.2) is 10.8 Å². The van der Waals surface area contributed by atoms with E-state index in [-0.39, 0.29) is 0 Å². The summed E-state index contributed by atoms with van der Waals surface area (Å²) in [6.07, 6.45) is 0. The second kappa shape index (κ2) is 6.88. The van der Waals surface area contributed by atoms with Gasteiger partial charge < -0.3 is 4.74 Å². The average molecular weight is 285 g/mol. The van der Waals surface area contributed by atoms with Crippen molar-refractivity contribution in [3.05, 3.63) is 59.7 Å². The van der Waals surface area contributed by atoms with Crippen molar-refractivity contribution in [2.75, 3.05) is 6.61 Å². The standard InChI is InChI=1S/C16H15NO2S/c1-2-19-15-7-9-16(10-8-15)20(18)12-14-5-3-13(11-17)4-6-14/h3-10H,2,12H2,1H3/t20-/m0/s1. The van der Waals surface area contributed by atoms with Crippen molar-refractivity contribution in [1.29, 1.82) is 5.26 Å². The molecular weight excluding hydrogens is 270 g/mol. The summed E-state index contributed by atoms with van der Waals surface area (Å²) >= 11 is 0. The highest BCUT2D eigenvalue weighted by atomic mass is 32.2. The quantitative estimate of drug-likeness (QED) is 0.847. The Bertz CT molecular complexity index is 627. The minimum Gasteiger partial charge on any atom is -0.494 e. The van der Waals surface area contributed by atoms with E-state index in [4.69, 9.17) is 10.00 Å². The molecule has 0 fully saturated rings. The number of nitrogens with zero attached hydrogens (tertiary/aromatic N) is 1. The molecule has 1 atom stereocenters. The van der Waals surface area contributed by atoms with E-state index >= 15 is 0 Å². The Kier molecular flexibility index (Phi) is 4.91. The topological polar surface area (TPSA) is 50.1 Å². The number of benzene rings is 2. The average Bonchev–Trinajstić information content (AvgIpc) is 2.49. The highest BCUT2D eigenvalue weighted by Gasteiger charge is 2.05. The van der Waals surface area contributed by atoms with Gasteiger partial charge in [-0.1, -0.05) is 12.1 Å². The molecular formula is C16H15NO2S. The van der Waals surface area contributed by atoms with Crippen LogP contribution in [0.1, 0.15) is 18.1 Å². The zero-order valence-corrected chi connectivity index (χ0v) is 12.0. The molecule has 0 bridgehead atoms. The zero-order valence-electron chi connectivity index (χ0n) is 11.2. The minimum atomic E-state index is -1.09. The summed E-state index contributed by atoms with van der Waals surface area (Å²) in [4.78, 5) is 0.776. The van der Waals surface area contributed by atoms with Crippen LogP contribution in [0.4, 0.5) is 0 Å². The molecule has 0 amide bonds. The summed E-state index contributed by atoms with van der Waals surface area (Å²) in [5.74, 6) is 1.23. The summed E-state index contributed by atoms with van der Waals surface area (Å²) in [6.45, 7) is 2.55. The lowest BCUT2D eigenvalue weighted by Crippen LogP contribution is -1.97. The lowest BCUT2D eigenvalue weighted by atomic mass is 10.2. The third-order valence-electron chi connectivity index (χ3n) is 2.78. The molecule has 0 saturated heterocycles. The van der Waals surface area contributed by atoms with Crippen LogP contribution in [-0.2, 0) is 16.6 Å². The van der Waals surface area contributed by atoms with Gasteiger partial charge in [-0.3, -0.25) is 4.21 Å². The second-order valence-corrected chi connectivity index (χ2v) is 5.65. The maximum Gasteiger partial charge on any atom is 0.119 e. The molecule has 0 aromatic heterocycles. The van der Waals surface area contributed by atoms with E-state index < -0.39 is 10.8 Å². The number of hydrogen-bond acceptors (Lipinski definition) is 3. The Labute approximate surface area is 121 Å². The second-order valence-electron chi connectivity index (χ2n) is 4.20. The molecule has 0 aliphatic rings. The van der Waals surface area contributed by atoms with Gasteiger partial charge in [0.1, 0.15) is 5.75 Å². The summed E-state index contributed by atoms with van der Waals surface area (Å²) in [5.41, 5.74) is 1.57. The van der Waals surface area contributed by atoms with Crippen LogP contribution in [0.2, 0.25) is 0 Å². The lowest BCUT2D eigenvalue weighted by Gasteiger charge is -2.05. The molecule has 0 saturated carbocycles. The molecule has 0 unspecified atom stereocenters. The van der Waals surface area contributed by atoms with Gasteiger partial charge >= 0.3 is 0 Å². The smallest absolute Gasteiger partial charge is 0.119 e. The largest absolute Gasteiger partial charge is 0.494 e. The van der Waals surface area contributed by atoms with Crippen LogP contribution in [0, 0.1) is 11.3 Å². The molecule has 0 radical (unpaired) electrons. The molecule has 20 heavy (non-hydrogen) atoms. The van der Waals surface area contributed by atoms with Crippen molar-refractivity contribution in [3.8, 4) is 11.8 Å². The number of nitriles is 1. The zero-order chi connectivity index (χ0) is 14.4. The summed E-state index contributed by atoms with van der Waals surface area (Å²) in [7, 11) is -1.09. The highest BCUT2D eigenvalue weighted by molar-refractivity contribution is 7.84. The molecule has 2 aromatic rings. The first kappa shape index (κ1) is 14.3. The fourth-order valence-corrected chi connectivity index (χ4v) is 2.87. The number of rotatable bonds is 5. The maximum atomic E-state index is 12.2. The number of hydrogen-bond donors (Lipinski definition) is 0. The fourth-order valence-electron chi connectivity index (χ4n) is 1.76. The van der Waals surface area contributed by atoms with Gasteiger partial charge in [0.2, 0.25) is 0 Å². The van der Waals surface area contributed by atoms with Crippen molar-refractivity contribution in [3.63, 3.8) is 0 Å². The van der Waals surface area contributed by atoms with Crippen molar-refractivity contribution in [1.82, 2.24) is 0 Å². The SMILES string of the molecule is CCOc1ccc([S@@](=O)Cc2ccc(C#N)cc2)cc1. The number of ether oxygens (including phenoxy) is 1. The van der Waals surface area contributed by atoms with Crippen LogP contribution < -0.4 is 4.74 Å². The minimum absolute atomic E-state index is 0.444. The summed E-state index contributed by atoms with van der Waals surface area (Å²) < 4.78 is 17.6. The summed E-state index contributed by atoms with van der Waals surface area (Å²) in [6, 6.07) is 16.5. The van der Waals surface area contributed by atoms with E-state index in [2.05, 4.69) is 6.07 Å². The van der Waals surface area contributed by atoms with Gasteiger partial charge in [-0.25, -0.2) is 0 Å². The molecule has 0 heterocycles. The van der Waals surface area contributed by atoms with Gasteiger partial charge in [0.15, 0.2) is 0 Å². The Morgan fingerprint density at radius 2 is 1.75 bits per heavy atom. The van der Waals surface area contributed by atoms with Crippen LogP contribution >= 0.6 is 0 Å². The molecule has 0 spiro atoms. The molecule has 2 aromatic carbocycles. The first-order chi connectivity index (χ1) is 9.72. The Balaban J connectivity index is 2.05. The third kappa shape index (κ3) is 3.69. The van der Waals surface area contributed by atoms with Gasteiger partial charge in [-0.2, -0.15) is 5.26 Å². The van der Waals surface area contributed by atoms with E-state index in [1.165, 1.54) is 0 Å².